The Hall–Kier alpha value is -3.02. The normalized spacial score (nSPS) is 14.1. The highest BCUT2D eigenvalue weighted by Gasteiger charge is 2.21. The molecule has 1 saturated heterocycles. The van der Waals surface area contributed by atoms with Crippen molar-refractivity contribution in [1.82, 2.24) is 4.90 Å². The summed E-state index contributed by atoms with van der Waals surface area (Å²) in [6.07, 6.45) is 0. The highest BCUT2D eigenvalue weighted by molar-refractivity contribution is 5.94. The molecule has 0 saturated carbocycles. The molecule has 1 heterocycles. The summed E-state index contributed by atoms with van der Waals surface area (Å²) < 4.78 is 4.70. The Morgan fingerprint density at radius 1 is 0.960 bits per heavy atom. The van der Waals surface area contributed by atoms with E-state index in [2.05, 4.69) is 22.3 Å². The molecule has 130 valence electrons. The number of rotatable bonds is 3. The number of anilines is 2. The molecular weight excluding hydrogens is 318 g/mol. The van der Waals surface area contributed by atoms with E-state index < -0.39 is 5.97 Å². The second kappa shape index (κ2) is 7.70. The van der Waals surface area contributed by atoms with Crippen molar-refractivity contribution in [2.24, 2.45) is 0 Å². The van der Waals surface area contributed by atoms with Crippen LogP contribution in [0.3, 0.4) is 0 Å². The number of amides is 2. The van der Waals surface area contributed by atoms with Gasteiger partial charge in [0.1, 0.15) is 0 Å². The maximum atomic E-state index is 12.4. The number of methoxy groups -OCH3 is 1. The van der Waals surface area contributed by atoms with Crippen LogP contribution in [0.5, 0.6) is 0 Å². The summed E-state index contributed by atoms with van der Waals surface area (Å²) >= 11 is 0. The number of carbonyl (C=O) groups excluding carboxylic acids is 2. The van der Waals surface area contributed by atoms with Crippen LogP contribution >= 0.6 is 0 Å². The number of ether oxygens (including phenoxy) is 1. The molecule has 25 heavy (non-hydrogen) atoms. The molecule has 0 spiro atoms. The Balaban J connectivity index is 1.57. The fraction of sp³-hybridized carbons (Fsp3) is 0.263. The Kier molecular flexibility index (Phi) is 5.18. The average molecular weight is 339 g/mol. The van der Waals surface area contributed by atoms with Gasteiger partial charge >= 0.3 is 12.0 Å². The highest BCUT2D eigenvalue weighted by Crippen LogP contribution is 2.17. The molecule has 0 unspecified atom stereocenters. The molecule has 0 bridgehead atoms. The van der Waals surface area contributed by atoms with Crippen LogP contribution in [0.1, 0.15) is 10.4 Å². The van der Waals surface area contributed by atoms with Crippen LogP contribution < -0.4 is 10.2 Å². The van der Waals surface area contributed by atoms with E-state index in [4.69, 9.17) is 4.74 Å². The van der Waals surface area contributed by atoms with Crippen molar-refractivity contribution in [3.63, 3.8) is 0 Å². The first-order valence-electron chi connectivity index (χ1n) is 8.21. The van der Waals surface area contributed by atoms with E-state index in [0.717, 1.165) is 13.1 Å². The zero-order valence-corrected chi connectivity index (χ0v) is 14.1. The predicted octanol–water partition coefficient (Wildman–Crippen LogP) is 2.83. The van der Waals surface area contributed by atoms with Crippen molar-refractivity contribution in [1.29, 1.82) is 0 Å². The lowest BCUT2D eigenvalue weighted by Crippen LogP contribution is -2.50. The molecular formula is C19H21N3O3. The average Bonchev–Trinajstić information content (AvgIpc) is 2.68. The molecule has 0 atom stereocenters. The standard InChI is InChI=1S/C19H21N3O3/c1-25-18(23)15-6-5-7-16(14-15)20-19(24)22-12-10-21(11-13-22)17-8-3-2-4-9-17/h2-9,14H,10-13H2,1H3,(H,20,24). The molecule has 6 heteroatoms. The van der Waals surface area contributed by atoms with Crippen molar-refractivity contribution in [3.05, 3.63) is 60.2 Å². The van der Waals surface area contributed by atoms with Crippen molar-refractivity contribution in [3.8, 4) is 0 Å². The van der Waals surface area contributed by atoms with E-state index in [-0.39, 0.29) is 6.03 Å². The lowest BCUT2D eigenvalue weighted by atomic mass is 10.2. The Morgan fingerprint density at radius 2 is 1.68 bits per heavy atom. The van der Waals surface area contributed by atoms with Gasteiger partial charge in [-0.25, -0.2) is 9.59 Å². The monoisotopic (exact) mass is 339 g/mol. The zero-order chi connectivity index (χ0) is 17.6. The van der Waals surface area contributed by atoms with E-state index in [1.807, 2.05) is 18.2 Å². The molecule has 1 aliphatic heterocycles. The number of urea groups is 1. The SMILES string of the molecule is COC(=O)c1cccc(NC(=O)N2CCN(c3ccccc3)CC2)c1. The van der Waals surface area contributed by atoms with Gasteiger partial charge in [-0.15, -0.1) is 0 Å². The smallest absolute Gasteiger partial charge is 0.337 e. The summed E-state index contributed by atoms with van der Waals surface area (Å²) in [5.41, 5.74) is 2.17. The van der Waals surface area contributed by atoms with E-state index in [1.54, 1.807) is 29.2 Å². The Labute approximate surface area is 147 Å². The van der Waals surface area contributed by atoms with Crippen LogP contribution in [0.4, 0.5) is 16.2 Å². The number of nitrogens with one attached hydrogen (secondary N) is 1. The van der Waals surface area contributed by atoms with Gasteiger partial charge in [0.05, 0.1) is 12.7 Å². The van der Waals surface area contributed by atoms with Gasteiger partial charge in [-0.1, -0.05) is 24.3 Å². The van der Waals surface area contributed by atoms with E-state index >= 15 is 0 Å². The van der Waals surface area contributed by atoms with Crippen LogP contribution in [0.2, 0.25) is 0 Å². The molecule has 0 radical (unpaired) electrons. The van der Waals surface area contributed by atoms with Gasteiger partial charge in [-0.05, 0) is 30.3 Å². The van der Waals surface area contributed by atoms with E-state index in [1.165, 1.54) is 12.8 Å². The summed E-state index contributed by atoms with van der Waals surface area (Å²) in [5, 5.41) is 2.85. The maximum absolute atomic E-state index is 12.4. The van der Waals surface area contributed by atoms with Gasteiger partial charge in [0.15, 0.2) is 0 Å². The first-order chi connectivity index (χ1) is 12.2. The minimum atomic E-state index is -0.424. The van der Waals surface area contributed by atoms with Crippen molar-refractivity contribution >= 4 is 23.4 Å². The molecule has 6 nitrogen and oxygen atoms in total. The molecule has 2 amide bonds. The lowest BCUT2D eigenvalue weighted by Gasteiger charge is -2.36. The van der Waals surface area contributed by atoms with Crippen LogP contribution in [0, 0.1) is 0 Å². The van der Waals surface area contributed by atoms with Gasteiger partial charge in [-0.2, -0.15) is 0 Å². The molecule has 0 aliphatic carbocycles. The number of hydrogen-bond donors (Lipinski definition) is 1. The molecule has 2 aromatic carbocycles. The molecule has 1 fully saturated rings. The topological polar surface area (TPSA) is 61.9 Å². The number of hydrogen-bond acceptors (Lipinski definition) is 4. The zero-order valence-electron chi connectivity index (χ0n) is 14.1. The van der Waals surface area contributed by atoms with Crippen molar-refractivity contribution < 1.29 is 14.3 Å². The Morgan fingerprint density at radius 3 is 2.36 bits per heavy atom. The molecule has 1 N–H and O–H groups in total. The van der Waals surface area contributed by atoms with Crippen LogP contribution in [0.15, 0.2) is 54.6 Å². The predicted molar refractivity (Wildman–Crippen MR) is 97.0 cm³/mol. The first-order valence-corrected chi connectivity index (χ1v) is 8.21. The third-order valence-electron chi connectivity index (χ3n) is 4.22. The third kappa shape index (κ3) is 4.09. The van der Waals surface area contributed by atoms with Gasteiger partial charge < -0.3 is 19.9 Å². The van der Waals surface area contributed by atoms with Gasteiger partial charge in [-0.3, -0.25) is 0 Å². The van der Waals surface area contributed by atoms with Crippen LogP contribution in [0.25, 0.3) is 0 Å². The van der Waals surface area contributed by atoms with Crippen LogP contribution in [-0.4, -0.2) is 50.2 Å². The molecule has 0 aromatic heterocycles. The number of para-hydroxylation sites is 1. The minimum Gasteiger partial charge on any atom is -0.465 e. The minimum absolute atomic E-state index is 0.158. The van der Waals surface area contributed by atoms with Gasteiger partial charge in [0.2, 0.25) is 0 Å². The van der Waals surface area contributed by atoms with Gasteiger partial charge in [0.25, 0.3) is 0 Å². The van der Waals surface area contributed by atoms with Crippen molar-refractivity contribution in [2.75, 3.05) is 43.5 Å². The summed E-state index contributed by atoms with van der Waals surface area (Å²) in [5.74, 6) is -0.424. The first kappa shape index (κ1) is 16.8. The number of carbonyl (C=O) groups is 2. The lowest BCUT2D eigenvalue weighted by molar-refractivity contribution is 0.0600. The summed E-state index contributed by atoms with van der Waals surface area (Å²) in [6.45, 7) is 2.88. The molecule has 3 rings (SSSR count). The largest absolute Gasteiger partial charge is 0.465 e. The second-order valence-electron chi connectivity index (χ2n) is 5.81. The molecule has 1 aliphatic rings. The Bertz CT molecular complexity index is 741. The number of esters is 1. The fourth-order valence-corrected chi connectivity index (χ4v) is 2.85. The maximum Gasteiger partial charge on any atom is 0.337 e. The van der Waals surface area contributed by atoms with E-state index in [0.29, 0.717) is 24.3 Å². The van der Waals surface area contributed by atoms with Crippen LogP contribution in [-0.2, 0) is 4.74 Å². The highest BCUT2D eigenvalue weighted by atomic mass is 16.5. The van der Waals surface area contributed by atoms with Crippen molar-refractivity contribution in [2.45, 2.75) is 0 Å². The fourth-order valence-electron chi connectivity index (χ4n) is 2.85. The van der Waals surface area contributed by atoms with E-state index in [9.17, 15) is 9.59 Å². The number of nitrogens with zero attached hydrogens (tertiary/aromatic N) is 2. The summed E-state index contributed by atoms with van der Waals surface area (Å²) in [6, 6.07) is 16.8. The second-order valence-corrected chi connectivity index (χ2v) is 5.81. The molecule has 2 aromatic rings. The summed E-state index contributed by atoms with van der Waals surface area (Å²) in [7, 11) is 1.33. The van der Waals surface area contributed by atoms with Gasteiger partial charge in [0, 0.05) is 37.6 Å². The number of benzene rings is 2. The third-order valence-corrected chi connectivity index (χ3v) is 4.22. The summed E-state index contributed by atoms with van der Waals surface area (Å²) in [4.78, 5) is 28.1. The quantitative estimate of drug-likeness (QED) is 0.874. The number of piperazine rings is 1.